The van der Waals surface area contributed by atoms with Crippen LogP contribution in [0.4, 0.5) is 0 Å². The summed E-state index contributed by atoms with van der Waals surface area (Å²) in [6.45, 7) is 2.12. The molecule has 3 aromatic heterocycles. The van der Waals surface area contributed by atoms with E-state index < -0.39 is 0 Å². The van der Waals surface area contributed by atoms with Crippen molar-refractivity contribution in [3.63, 3.8) is 0 Å². The first kappa shape index (κ1) is 15.6. The van der Waals surface area contributed by atoms with Gasteiger partial charge in [-0.3, -0.25) is 0 Å². The van der Waals surface area contributed by atoms with Gasteiger partial charge in [0, 0.05) is 35.6 Å². The standard InChI is InChI=1S/C21H22N4O/c1-13-9-15(11-19(13)26)25-8-7-16-20(22-12-23-21(16)25)18-10-14-5-3-4-6-17(14)24(18)2/h3-8,10,12-13,15,19,26H,9,11H2,1-2H3/t13-,15+,19-/m0/s1. The van der Waals surface area contributed by atoms with Gasteiger partial charge in [0.05, 0.1) is 17.5 Å². The molecule has 0 spiro atoms. The van der Waals surface area contributed by atoms with E-state index in [0.29, 0.717) is 12.0 Å². The minimum absolute atomic E-state index is 0.225. The first-order chi connectivity index (χ1) is 12.6. The van der Waals surface area contributed by atoms with Crippen molar-refractivity contribution in [1.29, 1.82) is 0 Å². The molecule has 0 aliphatic heterocycles. The summed E-state index contributed by atoms with van der Waals surface area (Å²) in [5.41, 5.74) is 4.20. The van der Waals surface area contributed by atoms with Crippen LogP contribution in [0, 0.1) is 5.92 Å². The number of aromatic nitrogens is 4. The van der Waals surface area contributed by atoms with Gasteiger partial charge in [0.2, 0.25) is 0 Å². The first-order valence-corrected chi connectivity index (χ1v) is 9.18. The third-order valence-electron chi connectivity index (χ3n) is 5.91. The smallest absolute Gasteiger partial charge is 0.144 e. The van der Waals surface area contributed by atoms with E-state index >= 15 is 0 Å². The summed E-state index contributed by atoms with van der Waals surface area (Å²) in [7, 11) is 2.08. The van der Waals surface area contributed by atoms with Crippen molar-refractivity contribution in [1.82, 2.24) is 19.1 Å². The molecule has 5 heteroatoms. The van der Waals surface area contributed by atoms with Gasteiger partial charge in [-0.1, -0.05) is 25.1 Å². The normalized spacial score (nSPS) is 23.3. The van der Waals surface area contributed by atoms with E-state index in [9.17, 15) is 5.11 Å². The van der Waals surface area contributed by atoms with Crippen LogP contribution in [0.2, 0.25) is 0 Å². The molecule has 0 unspecified atom stereocenters. The lowest BCUT2D eigenvalue weighted by molar-refractivity contribution is 0.139. The van der Waals surface area contributed by atoms with Crippen molar-refractivity contribution in [3.05, 3.63) is 48.9 Å². The van der Waals surface area contributed by atoms with Gasteiger partial charge >= 0.3 is 0 Å². The molecule has 1 aliphatic rings. The molecule has 1 fully saturated rings. The molecule has 4 aromatic rings. The molecule has 0 radical (unpaired) electrons. The summed E-state index contributed by atoms with van der Waals surface area (Å²) in [5, 5.41) is 12.4. The molecule has 0 saturated heterocycles. The van der Waals surface area contributed by atoms with Gasteiger partial charge in [0.15, 0.2) is 0 Å². The number of nitrogens with zero attached hydrogens (tertiary/aromatic N) is 4. The maximum Gasteiger partial charge on any atom is 0.144 e. The minimum atomic E-state index is -0.225. The summed E-state index contributed by atoms with van der Waals surface area (Å²) < 4.78 is 4.41. The predicted molar refractivity (Wildman–Crippen MR) is 103 cm³/mol. The van der Waals surface area contributed by atoms with Crippen LogP contribution >= 0.6 is 0 Å². The zero-order valence-electron chi connectivity index (χ0n) is 15.0. The Labute approximate surface area is 151 Å². The topological polar surface area (TPSA) is 55.9 Å². The van der Waals surface area contributed by atoms with Gasteiger partial charge in [-0.05, 0) is 37.0 Å². The predicted octanol–water partition coefficient (Wildman–Crippen LogP) is 3.92. The van der Waals surface area contributed by atoms with E-state index in [1.54, 1.807) is 6.33 Å². The molecular formula is C21H22N4O. The number of hydrogen-bond donors (Lipinski definition) is 1. The quantitative estimate of drug-likeness (QED) is 0.598. The van der Waals surface area contributed by atoms with E-state index in [1.165, 1.54) is 10.9 Å². The SMILES string of the molecule is C[C@H]1C[C@@H](n2ccc3c(-c4cc5ccccc5n4C)ncnc32)C[C@@H]1O. The fraction of sp³-hybridized carbons (Fsp3) is 0.333. The third kappa shape index (κ3) is 2.20. The molecule has 1 saturated carbocycles. The number of aryl methyl sites for hydroxylation is 1. The Bertz CT molecular complexity index is 1100. The maximum atomic E-state index is 10.1. The second-order valence-electron chi connectivity index (χ2n) is 7.50. The molecule has 1 N–H and O–H groups in total. The molecular weight excluding hydrogens is 324 g/mol. The molecule has 5 nitrogen and oxygen atoms in total. The number of hydrogen-bond acceptors (Lipinski definition) is 3. The summed E-state index contributed by atoms with van der Waals surface area (Å²) in [4.78, 5) is 9.17. The Morgan fingerprint density at radius 1 is 1.12 bits per heavy atom. The summed E-state index contributed by atoms with van der Waals surface area (Å²) >= 11 is 0. The Kier molecular flexibility index (Phi) is 3.40. The van der Waals surface area contributed by atoms with E-state index in [-0.39, 0.29) is 6.10 Å². The molecule has 1 aromatic carbocycles. The Hall–Kier alpha value is -2.66. The number of rotatable bonds is 2. The van der Waals surface area contributed by atoms with Gasteiger partial charge in [0.25, 0.3) is 0 Å². The molecule has 1 aliphatic carbocycles. The van der Waals surface area contributed by atoms with Crippen LogP contribution in [0.25, 0.3) is 33.3 Å². The fourth-order valence-corrected chi connectivity index (χ4v) is 4.41. The van der Waals surface area contributed by atoms with Gasteiger partial charge in [0.1, 0.15) is 12.0 Å². The molecule has 0 amide bonds. The van der Waals surface area contributed by atoms with Crippen LogP contribution in [-0.4, -0.2) is 30.3 Å². The number of para-hydroxylation sites is 1. The zero-order valence-corrected chi connectivity index (χ0v) is 15.0. The molecule has 3 atom stereocenters. The average molecular weight is 346 g/mol. The van der Waals surface area contributed by atoms with E-state index in [0.717, 1.165) is 35.3 Å². The number of benzene rings is 1. The fourth-order valence-electron chi connectivity index (χ4n) is 4.41. The van der Waals surface area contributed by atoms with Crippen LogP contribution in [0.15, 0.2) is 48.9 Å². The van der Waals surface area contributed by atoms with Crippen molar-refractivity contribution < 1.29 is 5.11 Å². The average Bonchev–Trinajstić information content (AvgIpc) is 3.31. The van der Waals surface area contributed by atoms with Crippen LogP contribution in [0.3, 0.4) is 0 Å². The van der Waals surface area contributed by atoms with Crippen molar-refractivity contribution in [2.75, 3.05) is 0 Å². The van der Waals surface area contributed by atoms with Gasteiger partial charge in [-0.25, -0.2) is 9.97 Å². The lowest BCUT2D eigenvalue weighted by Gasteiger charge is -2.13. The summed E-state index contributed by atoms with van der Waals surface area (Å²) in [6.07, 6.45) is 5.30. The van der Waals surface area contributed by atoms with Crippen LogP contribution < -0.4 is 0 Å². The van der Waals surface area contributed by atoms with E-state index in [2.05, 4.69) is 75.7 Å². The monoisotopic (exact) mass is 346 g/mol. The molecule has 5 rings (SSSR count). The molecule has 3 heterocycles. The number of aliphatic hydroxyl groups excluding tert-OH is 1. The lowest BCUT2D eigenvalue weighted by atomic mass is 10.1. The Balaban J connectivity index is 1.67. The van der Waals surface area contributed by atoms with Crippen molar-refractivity contribution >= 4 is 21.9 Å². The van der Waals surface area contributed by atoms with Crippen LogP contribution in [0.5, 0.6) is 0 Å². The maximum absolute atomic E-state index is 10.1. The van der Waals surface area contributed by atoms with Gasteiger partial charge < -0.3 is 14.2 Å². The van der Waals surface area contributed by atoms with Crippen molar-refractivity contribution in [3.8, 4) is 11.4 Å². The van der Waals surface area contributed by atoms with E-state index in [4.69, 9.17) is 0 Å². The highest BCUT2D eigenvalue weighted by molar-refractivity contribution is 5.95. The second-order valence-corrected chi connectivity index (χ2v) is 7.50. The first-order valence-electron chi connectivity index (χ1n) is 9.18. The van der Waals surface area contributed by atoms with Gasteiger partial charge in [-0.2, -0.15) is 0 Å². The molecule has 26 heavy (non-hydrogen) atoms. The van der Waals surface area contributed by atoms with Crippen LogP contribution in [0.1, 0.15) is 25.8 Å². The zero-order chi connectivity index (χ0) is 17.8. The highest BCUT2D eigenvalue weighted by Crippen LogP contribution is 2.38. The summed E-state index contributed by atoms with van der Waals surface area (Å²) in [5.74, 6) is 0.330. The minimum Gasteiger partial charge on any atom is -0.393 e. The number of aliphatic hydroxyl groups is 1. The lowest BCUT2D eigenvalue weighted by Crippen LogP contribution is -2.08. The van der Waals surface area contributed by atoms with Crippen molar-refractivity contribution in [2.45, 2.75) is 31.9 Å². The highest BCUT2D eigenvalue weighted by atomic mass is 16.3. The molecule has 132 valence electrons. The van der Waals surface area contributed by atoms with Gasteiger partial charge in [-0.15, -0.1) is 0 Å². The highest BCUT2D eigenvalue weighted by Gasteiger charge is 2.31. The Morgan fingerprint density at radius 2 is 1.96 bits per heavy atom. The third-order valence-corrected chi connectivity index (χ3v) is 5.91. The molecule has 0 bridgehead atoms. The summed E-state index contributed by atoms with van der Waals surface area (Å²) in [6, 6.07) is 13.0. The number of fused-ring (bicyclic) bond motifs is 2. The van der Waals surface area contributed by atoms with Crippen LogP contribution in [-0.2, 0) is 7.05 Å². The second kappa shape index (κ2) is 5.68. The van der Waals surface area contributed by atoms with Crippen molar-refractivity contribution in [2.24, 2.45) is 13.0 Å². The Morgan fingerprint density at radius 3 is 2.73 bits per heavy atom. The largest absolute Gasteiger partial charge is 0.393 e. The van der Waals surface area contributed by atoms with E-state index in [1.807, 2.05) is 0 Å².